The van der Waals surface area contributed by atoms with Gasteiger partial charge in [-0.2, -0.15) is 0 Å². The third-order valence-electron chi connectivity index (χ3n) is 5.50. The van der Waals surface area contributed by atoms with Crippen LogP contribution in [0.25, 0.3) is 11.4 Å². The van der Waals surface area contributed by atoms with Crippen molar-refractivity contribution < 1.29 is 14.3 Å². The quantitative estimate of drug-likeness (QED) is 0.804. The lowest BCUT2D eigenvalue weighted by Gasteiger charge is -2.37. The summed E-state index contributed by atoms with van der Waals surface area (Å²) in [6.45, 7) is 9.52. The lowest BCUT2D eigenvalue weighted by molar-refractivity contribution is 0.0533. The summed E-state index contributed by atoms with van der Waals surface area (Å²) >= 11 is 0. The average Bonchev–Trinajstić information content (AvgIpc) is 2.74. The van der Waals surface area contributed by atoms with Gasteiger partial charge in [0.25, 0.3) is 0 Å². The number of urea groups is 1. The van der Waals surface area contributed by atoms with E-state index in [0.717, 1.165) is 41.3 Å². The molecule has 0 radical (unpaired) electrons. The molecule has 0 saturated carbocycles. The van der Waals surface area contributed by atoms with Crippen LogP contribution in [0.5, 0.6) is 0 Å². The number of benzene rings is 1. The van der Waals surface area contributed by atoms with E-state index in [9.17, 15) is 4.79 Å². The molecule has 0 unspecified atom stereocenters. The van der Waals surface area contributed by atoms with Gasteiger partial charge < -0.3 is 25.0 Å². The van der Waals surface area contributed by atoms with Crippen molar-refractivity contribution >= 4 is 17.5 Å². The molecule has 0 aliphatic carbocycles. The van der Waals surface area contributed by atoms with E-state index in [4.69, 9.17) is 19.4 Å². The molecule has 2 aliphatic rings. The molecule has 2 atom stereocenters. The first-order valence-electron chi connectivity index (χ1n) is 10.6. The number of morpholine rings is 1. The maximum absolute atomic E-state index is 11.7. The Labute approximate surface area is 177 Å². The van der Waals surface area contributed by atoms with Crippen LogP contribution in [0.2, 0.25) is 0 Å². The highest BCUT2D eigenvalue weighted by Gasteiger charge is 2.30. The van der Waals surface area contributed by atoms with Gasteiger partial charge in [-0.05, 0) is 45.0 Å². The van der Waals surface area contributed by atoms with Crippen molar-refractivity contribution in [2.75, 3.05) is 43.1 Å². The van der Waals surface area contributed by atoms with Crippen molar-refractivity contribution in [1.82, 2.24) is 15.3 Å². The molecule has 8 nitrogen and oxygen atoms in total. The van der Waals surface area contributed by atoms with Crippen LogP contribution in [-0.4, -0.2) is 55.0 Å². The maximum atomic E-state index is 11.7. The summed E-state index contributed by atoms with van der Waals surface area (Å²) in [5.74, 6) is 1.64. The van der Waals surface area contributed by atoms with Crippen LogP contribution in [0.4, 0.5) is 16.3 Å². The Balaban J connectivity index is 1.68. The van der Waals surface area contributed by atoms with E-state index in [2.05, 4.69) is 29.4 Å². The van der Waals surface area contributed by atoms with Gasteiger partial charge in [0.05, 0.1) is 37.7 Å². The lowest BCUT2D eigenvalue weighted by Crippen LogP contribution is -2.45. The second kappa shape index (κ2) is 8.97. The molecule has 160 valence electrons. The van der Waals surface area contributed by atoms with Crippen LogP contribution in [0.3, 0.4) is 0 Å². The van der Waals surface area contributed by atoms with Crippen LogP contribution in [-0.2, 0) is 15.9 Å². The van der Waals surface area contributed by atoms with Gasteiger partial charge in [-0.15, -0.1) is 0 Å². The molecule has 30 heavy (non-hydrogen) atoms. The summed E-state index contributed by atoms with van der Waals surface area (Å²) in [6, 6.07) is 7.65. The van der Waals surface area contributed by atoms with Gasteiger partial charge in [0.2, 0.25) is 0 Å². The number of carbonyl (C=O) groups is 1. The van der Waals surface area contributed by atoms with Crippen LogP contribution in [0, 0.1) is 0 Å². The first-order valence-corrected chi connectivity index (χ1v) is 10.6. The average molecular weight is 412 g/mol. The molecule has 1 saturated heterocycles. The predicted octanol–water partition coefficient (Wildman–Crippen LogP) is 3.14. The van der Waals surface area contributed by atoms with Gasteiger partial charge >= 0.3 is 6.03 Å². The first kappa shape index (κ1) is 20.6. The van der Waals surface area contributed by atoms with Gasteiger partial charge in [-0.1, -0.05) is 0 Å². The summed E-state index contributed by atoms with van der Waals surface area (Å²) in [7, 11) is 0. The molecule has 3 heterocycles. The number of hydrogen-bond donors (Lipinski definition) is 2. The number of fused-ring (bicyclic) bond motifs is 1. The second-order valence-corrected chi connectivity index (χ2v) is 7.67. The van der Waals surface area contributed by atoms with Crippen LogP contribution in [0.1, 0.15) is 38.1 Å². The van der Waals surface area contributed by atoms with E-state index < -0.39 is 0 Å². The Morgan fingerprint density at radius 2 is 2.00 bits per heavy atom. The molecule has 4 rings (SSSR count). The van der Waals surface area contributed by atoms with E-state index in [-0.39, 0.29) is 18.2 Å². The largest absolute Gasteiger partial charge is 0.377 e. The number of carbonyl (C=O) groups excluding carboxylic acids is 1. The zero-order valence-corrected chi connectivity index (χ0v) is 17.8. The monoisotopic (exact) mass is 411 g/mol. The van der Waals surface area contributed by atoms with Crippen molar-refractivity contribution in [3.05, 3.63) is 35.5 Å². The van der Waals surface area contributed by atoms with E-state index in [1.165, 1.54) is 0 Å². The minimum atomic E-state index is -0.215. The van der Waals surface area contributed by atoms with E-state index in [1.807, 2.05) is 31.2 Å². The zero-order valence-electron chi connectivity index (χ0n) is 17.8. The highest BCUT2D eigenvalue weighted by Crippen LogP contribution is 2.36. The topological polar surface area (TPSA) is 88.6 Å². The number of hydrogen-bond acceptors (Lipinski definition) is 6. The van der Waals surface area contributed by atoms with Crippen LogP contribution < -0.4 is 15.5 Å². The highest BCUT2D eigenvalue weighted by molar-refractivity contribution is 5.89. The SMILES string of the molecule is CCNC(=O)Nc1ccc(-c2nc3c(c(N4CCOC[C@@H]4C)n2)[C@H](C)OCC3)cc1. The number of nitrogens with zero attached hydrogens (tertiary/aromatic N) is 3. The Morgan fingerprint density at radius 3 is 2.73 bits per heavy atom. The summed E-state index contributed by atoms with van der Waals surface area (Å²) in [5, 5.41) is 5.54. The Bertz CT molecular complexity index is 902. The van der Waals surface area contributed by atoms with Gasteiger partial charge in [0, 0.05) is 36.3 Å². The fraction of sp³-hybridized carbons (Fsp3) is 0.500. The molecule has 0 spiro atoms. The minimum Gasteiger partial charge on any atom is -0.377 e. The van der Waals surface area contributed by atoms with Crippen molar-refractivity contribution in [1.29, 1.82) is 0 Å². The Morgan fingerprint density at radius 1 is 1.20 bits per heavy atom. The fourth-order valence-corrected chi connectivity index (χ4v) is 3.95. The Kier molecular flexibility index (Phi) is 6.15. The molecular formula is C22H29N5O3. The molecule has 2 aromatic rings. The molecule has 2 aliphatic heterocycles. The number of rotatable bonds is 4. The first-order chi connectivity index (χ1) is 14.6. The summed E-state index contributed by atoms with van der Waals surface area (Å²) in [4.78, 5) is 23.9. The summed E-state index contributed by atoms with van der Waals surface area (Å²) < 4.78 is 11.5. The predicted molar refractivity (Wildman–Crippen MR) is 116 cm³/mol. The molecule has 1 aromatic carbocycles. The van der Waals surface area contributed by atoms with E-state index in [0.29, 0.717) is 32.2 Å². The van der Waals surface area contributed by atoms with Crippen molar-refractivity contribution in [3.8, 4) is 11.4 Å². The molecule has 1 fully saturated rings. The van der Waals surface area contributed by atoms with Crippen molar-refractivity contribution in [2.45, 2.75) is 39.3 Å². The lowest BCUT2D eigenvalue weighted by atomic mass is 10.0. The number of amides is 2. The van der Waals surface area contributed by atoms with Crippen molar-refractivity contribution in [3.63, 3.8) is 0 Å². The molecule has 0 bridgehead atoms. The maximum Gasteiger partial charge on any atom is 0.319 e. The Hall–Kier alpha value is -2.71. The highest BCUT2D eigenvalue weighted by atomic mass is 16.5. The normalized spacial score (nSPS) is 21.1. The van der Waals surface area contributed by atoms with Gasteiger partial charge in [-0.3, -0.25) is 0 Å². The van der Waals surface area contributed by atoms with Crippen molar-refractivity contribution in [2.24, 2.45) is 0 Å². The third-order valence-corrected chi connectivity index (χ3v) is 5.50. The van der Waals surface area contributed by atoms with Gasteiger partial charge in [-0.25, -0.2) is 14.8 Å². The molecular weight excluding hydrogens is 382 g/mol. The smallest absolute Gasteiger partial charge is 0.319 e. The van der Waals surface area contributed by atoms with Gasteiger partial charge in [0.15, 0.2) is 5.82 Å². The summed E-state index contributed by atoms with van der Waals surface area (Å²) in [6.07, 6.45) is 0.745. The second-order valence-electron chi connectivity index (χ2n) is 7.67. The zero-order chi connectivity index (χ0) is 21.1. The summed E-state index contributed by atoms with van der Waals surface area (Å²) in [5.41, 5.74) is 3.79. The third kappa shape index (κ3) is 4.24. The number of ether oxygens (including phenoxy) is 2. The van der Waals surface area contributed by atoms with Gasteiger partial charge in [0.1, 0.15) is 5.82 Å². The standard InChI is InChI=1S/C22H29N5O3/c1-4-23-22(28)24-17-7-5-16(6-8-17)20-25-18-9-11-30-15(3)19(18)21(26-20)27-10-12-29-13-14(27)2/h5-8,14-15H,4,9-13H2,1-3H3,(H2,23,24,28)/t14-,15-/m0/s1. The fourth-order valence-electron chi connectivity index (χ4n) is 3.95. The molecule has 8 heteroatoms. The van der Waals surface area contributed by atoms with E-state index in [1.54, 1.807) is 0 Å². The van der Waals surface area contributed by atoms with E-state index >= 15 is 0 Å². The van der Waals surface area contributed by atoms with Crippen LogP contribution >= 0.6 is 0 Å². The molecule has 1 aromatic heterocycles. The minimum absolute atomic E-state index is 0.0310. The number of aromatic nitrogens is 2. The number of anilines is 2. The molecule has 2 N–H and O–H groups in total. The van der Waals surface area contributed by atoms with Crippen LogP contribution in [0.15, 0.2) is 24.3 Å². The molecule has 2 amide bonds. The number of nitrogens with one attached hydrogen (secondary N) is 2.